The van der Waals surface area contributed by atoms with Gasteiger partial charge in [0.25, 0.3) is 6.02 Å². The standard InChI is InChI=1S/C19H18F4N4O3/c1-19(17(23)15(6-20)30-18(24)27-19)11-4-10(2-3-12(11)22)5-14(28)13-7-26-16(8-25-13)29-9-21/h2-4,7-8,15,17H,5-6,9H2,1H3,(H2,24,27)/t15-,17+,19-/m1/s1. The summed E-state index contributed by atoms with van der Waals surface area (Å²) in [4.78, 5) is 23.9. The second-order valence-corrected chi connectivity index (χ2v) is 6.72. The van der Waals surface area contributed by atoms with Gasteiger partial charge in [0.2, 0.25) is 12.7 Å². The van der Waals surface area contributed by atoms with Gasteiger partial charge in [0.05, 0.1) is 12.4 Å². The number of carbonyl (C=O) groups is 1. The number of aliphatic imine (C=N–C) groups is 1. The van der Waals surface area contributed by atoms with Gasteiger partial charge in [-0.15, -0.1) is 0 Å². The number of alkyl halides is 3. The summed E-state index contributed by atoms with van der Waals surface area (Å²) >= 11 is 0. The van der Waals surface area contributed by atoms with Gasteiger partial charge in [0, 0.05) is 12.0 Å². The molecular weight excluding hydrogens is 408 g/mol. The highest BCUT2D eigenvalue weighted by Crippen LogP contribution is 2.38. The van der Waals surface area contributed by atoms with Crippen LogP contribution in [0.5, 0.6) is 5.88 Å². The Hall–Kier alpha value is -3.24. The molecule has 1 aliphatic heterocycles. The van der Waals surface area contributed by atoms with E-state index in [0.717, 1.165) is 18.5 Å². The maximum atomic E-state index is 14.9. The number of hydrogen-bond donors (Lipinski definition) is 1. The lowest BCUT2D eigenvalue weighted by Crippen LogP contribution is -2.50. The molecule has 3 rings (SSSR count). The predicted octanol–water partition coefficient (Wildman–Crippen LogP) is 2.58. The van der Waals surface area contributed by atoms with Crippen LogP contribution in [0.2, 0.25) is 0 Å². The Morgan fingerprint density at radius 1 is 1.30 bits per heavy atom. The summed E-state index contributed by atoms with van der Waals surface area (Å²) in [6, 6.07) is 3.22. The Labute approximate surface area is 168 Å². The van der Waals surface area contributed by atoms with E-state index in [9.17, 15) is 22.4 Å². The molecular formula is C19H18F4N4O3. The van der Waals surface area contributed by atoms with Gasteiger partial charge in [0.1, 0.15) is 23.7 Å². The van der Waals surface area contributed by atoms with Crippen molar-refractivity contribution in [1.29, 1.82) is 0 Å². The summed E-state index contributed by atoms with van der Waals surface area (Å²) in [5.41, 5.74) is 3.81. The maximum absolute atomic E-state index is 14.9. The summed E-state index contributed by atoms with van der Waals surface area (Å²) in [6.07, 6.45) is -1.54. The largest absolute Gasteiger partial charge is 0.456 e. The van der Waals surface area contributed by atoms with Crippen LogP contribution in [0, 0.1) is 5.82 Å². The summed E-state index contributed by atoms with van der Waals surface area (Å²) in [6.45, 7) is -0.988. The van der Waals surface area contributed by atoms with Crippen LogP contribution in [0.25, 0.3) is 0 Å². The Balaban J connectivity index is 1.88. The first-order valence-electron chi connectivity index (χ1n) is 8.83. The van der Waals surface area contributed by atoms with E-state index in [1.807, 2.05) is 0 Å². The number of aromatic nitrogens is 2. The molecule has 30 heavy (non-hydrogen) atoms. The van der Waals surface area contributed by atoms with E-state index in [-0.39, 0.29) is 23.6 Å². The van der Waals surface area contributed by atoms with Crippen molar-refractivity contribution in [2.75, 3.05) is 13.5 Å². The van der Waals surface area contributed by atoms with Crippen LogP contribution in [-0.2, 0) is 16.7 Å². The van der Waals surface area contributed by atoms with E-state index in [1.165, 1.54) is 19.1 Å². The predicted molar refractivity (Wildman–Crippen MR) is 97.8 cm³/mol. The van der Waals surface area contributed by atoms with Gasteiger partial charge in [-0.05, 0) is 24.6 Å². The summed E-state index contributed by atoms with van der Waals surface area (Å²) in [5, 5.41) is 0. The van der Waals surface area contributed by atoms with Crippen LogP contribution in [0.3, 0.4) is 0 Å². The van der Waals surface area contributed by atoms with Crippen molar-refractivity contribution in [2.45, 2.75) is 31.2 Å². The number of benzene rings is 1. The van der Waals surface area contributed by atoms with Crippen molar-refractivity contribution in [2.24, 2.45) is 10.7 Å². The lowest BCUT2D eigenvalue weighted by Gasteiger charge is -2.37. The van der Waals surface area contributed by atoms with Crippen LogP contribution in [0.4, 0.5) is 17.6 Å². The summed E-state index contributed by atoms with van der Waals surface area (Å²) in [5.74, 6) is -1.34. The van der Waals surface area contributed by atoms with E-state index in [2.05, 4.69) is 19.7 Å². The molecule has 1 aromatic heterocycles. The molecule has 7 nitrogen and oxygen atoms in total. The molecule has 2 heterocycles. The minimum absolute atomic E-state index is 0.0208. The van der Waals surface area contributed by atoms with Crippen molar-refractivity contribution < 1.29 is 31.8 Å². The van der Waals surface area contributed by atoms with Crippen LogP contribution in [0.1, 0.15) is 28.5 Å². The molecule has 2 aromatic rings. The van der Waals surface area contributed by atoms with E-state index in [4.69, 9.17) is 10.5 Å². The number of hydrogen-bond acceptors (Lipinski definition) is 7. The number of amidine groups is 1. The third kappa shape index (κ3) is 4.19. The topological polar surface area (TPSA) is 99.7 Å². The zero-order valence-electron chi connectivity index (χ0n) is 15.8. The zero-order valence-corrected chi connectivity index (χ0v) is 15.8. The molecule has 0 spiro atoms. The van der Waals surface area contributed by atoms with Gasteiger partial charge < -0.3 is 15.2 Å². The molecule has 11 heteroatoms. The Morgan fingerprint density at radius 3 is 2.70 bits per heavy atom. The fraction of sp³-hybridized carbons (Fsp3) is 0.368. The average Bonchev–Trinajstić information content (AvgIpc) is 2.72. The molecule has 0 bridgehead atoms. The third-order valence-corrected chi connectivity index (χ3v) is 4.69. The Morgan fingerprint density at radius 2 is 2.07 bits per heavy atom. The number of nitrogens with zero attached hydrogens (tertiary/aromatic N) is 3. The van der Waals surface area contributed by atoms with E-state index >= 15 is 0 Å². The van der Waals surface area contributed by atoms with Crippen molar-refractivity contribution in [3.8, 4) is 5.88 Å². The van der Waals surface area contributed by atoms with Gasteiger partial charge in [-0.2, -0.15) is 0 Å². The Kier molecular flexibility index (Phi) is 6.18. The Bertz CT molecular complexity index is 957. The molecule has 0 amide bonds. The van der Waals surface area contributed by atoms with Crippen molar-refractivity contribution >= 4 is 11.8 Å². The molecule has 0 radical (unpaired) electrons. The highest BCUT2D eigenvalue weighted by atomic mass is 19.1. The normalized spacial score (nSPS) is 23.4. The average molecular weight is 426 g/mol. The van der Waals surface area contributed by atoms with Gasteiger partial charge in [-0.3, -0.25) is 4.79 Å². The molecule has 1 aliphatic rings. The second-order valence-electron chi connectivity index (χ2n) is 6.72. The van der Waals surface area contributed by atoms with Crippen molar-refractivity contribution in [3.05, 3.63) is 53.2 Å². The highest BCUT2D eigenvalue weighted by Gasteiger charge is 2.48. The molecule has 3 atom stereocenters. The van der Waals surface area contributed by atoms with Crippen LogP contribution in [0.15, 0.2) is 35.6 Å². The summed E-state index contributed by atoms with van der Waals surface area (Å²) in [7, 11) is 0. The first-order valence-corrected chi connectivity index (χ1v) is 8.83. The number of ether oxygens (including phenoxy) is 2. The minimum atomic E-state index is -2.01. The summed E-state index contributed by atoms with van der Waals surface area (Å²) < 4.78 is 64.0. The van der Waals surface area contributed by atoms with Gasteiger partial charge >= 0.3 is 0 Å². The van der Waals surface area contributed by atoms with E-state index in [1.54, 1.807) is 0 Å². The number of Topliss-reactive ketones (excluding diaryl/α,β-unsaturated/α-hetero) is 1. The molecule has 2 N–H and O–H groups in total. The molecule has 1 aromatic carbocycles. The monoisotopic (exact) mass is 426 g/mol. The number of ketones is 1. The molecule has 0 saturated carbocycles. The van der Waals surface area contributed by atoms with Gasteiger partial charge in [0.15, 0.2) is 18.1 Å². The quantitative estimate of drug-likeness (QED) is 0.540. The molecule has 160 valence electrons. The number of halogens is 4. The smallest absolute Gasteiger partial charge is 0.283 e. The van der Waals surface area contributed by atoms with Crippen LogP contribution in [-0.4, -0.2) is 47.6 Å². The highest BCUT2D eigenvalue weighted by molar-refractivity contribution is 5.95. The molecule has 0 unspecified atom stereocenters. The number of rotatable bonds is 7. The SMILES string of the molecule is C[C@]1(c2cc(CC(=O)c3cnc(OCF)cn3)ccc2F)N=C(N)O[C@H](CF)[C@@H]1F. The molecule has 0 fully saturated rings. The molecule has 0 saturated heterocycles. The van der Waals surface area contributed by atoms with Gasteiger partial charge in [-0.1, -0.05) is 6.07 Å². The first-order chi connectivity index (χ1) is 14.3. The number of nitrogens with two attached hydrogens (primary N) is 1. The number of carbonyl (C=O) groups excluding carboxylic acids is 1. The first kappa shape index (κ1) is 21.5. The fourth-order valence-electron chi connectivity index (χ4n) is 3.15. The van der Waals surface area contributed by atoms with Crippen molar-refractivity contribution in [1.82, 2.24) is 9.97 Å². The third-order valence-electron chi connectivity index (χ3n) is 4.69. The van der Waals surface area contributed by atoms with Gasteiger partial charge in [-0.25, -0.2) is 32.5 Å². The lowest BCUT2D eigenvalue weighted by molar-refractivity contribution is 0.00449. The lowest BCUT2D eigenvalue weighted by atomic mass is 9.83. The second kappa shape index (κ2) is 8.64. The molecule has 0 aliphatic carbocycles. The van der Waals surface area contributed by atoms with E-state index < -0.39 is 49.0 Å². The van der Waals surface area contributed by atoms with Crippen molar-refractivity contribution in [3.63, 3.8) is 0 Å². The van der Waals surface area contributed by atoms with Crippen LogP contribution >= 0.6 is 0 Å². The van der Waals surface area contributed by atoms with Crippen LogP contribution < -0.4 is 10.5 Å². The zero-order chi connectivity index (χ0) is 21.9. The maximum Gasteiger partial charge on any atom is 0.283 e. The minimum Gasteiger partial charge on any atom is -0.456 e. The van der Waals surface area contributed by atoms with E-state index in [0.29, 0.717) is 5.56 Å². The fourth-order valence-corrected chi connectivity index (χ4v) is 3.15.